The molecule has 0 amide bonds. The Labute approximate surface area is 126 Å². The third kappa shape index (κ3) is 3.15. The fraction of sp³-hybridized carbons (Fsp3) is 0.667. The summed E-state index contributed by atoms with van der Waals surface area (Å²) in [4.78, 5) is 11.6. The molecular weight excluding hydrogens is 264 g/mol. The Kier molecular flexibility index (Phi) is 4.18. The third-order valence-electron chi connectivity index (χ3n) is 4.18. The Morgan fingerprint density at radius 1 is 1.33 bits per heavy atom. The Balaban J connectivity index is 2.32. The number of nitrogens with one attached hydrogen (secondary N) is 1. The summed E-state index contributed by atoms with van der Waals surface area (Å²) in [7, 11) is 5.89. The predicted molar refractivity (Wildman–Crippen MR) is 86.2 cm³/mol. The number of anilines is 1. The van der Waals surface area contributed by atoms with Crippen LogP contribution in [0.25, 0.3) is 11.0 Å². The highest BCUT2D eigenvalue weighted by atomic mass is 15.3. The van der Waals surface area contributed by atoms with Crippen LogP contribution in [-0.2, 0) is 13.6 Å². The van der Waals surface area contributed by atoms with Gasteiger partial charge in [0, 0.05) is 20.1 Å². The highest BCUT2D eigenvalue weighted by Gasteiger charge is 2.24. The maximum Gasteiger partial charge on any atom is 0.163 e. The standard InChI is InChI=1S/C15H26N6/c1-10(15(2,3)4)20(6)9-12-18-13(16-5)11-8-17-21(7)14(11)19-12/h8,10H,9H2,1-7H3,(H,16,18,19). The zero-order chi connectivity index (χ0) is 15.8. The highest BCUT2D eigenvalue weighted by molar-refractivity contribution is 5.86. The summed E-state index contributed by atoms with van der Waals surface area (Å²) in [6.45, 7) is 9.70. The highest BCUT2D eigenvalue weighted by Crippen LogP contribution is 2.25. The molecule has 0 aliphatic heterocycles. The van der Waals surface area contributed by atoms with Gasteiger partial charge in [0.15, 0.2) is 5.65 Å². The van der Waals surface area contributed by atoms with Gasteiger partial charge in [-0.25, -0.2) is 9.97 Å². The lowest BCUT2D eigenvalue weighted by Crippen LogP contribution is -2.39. The molecule has 0 saturated heterocycles. The number of rotatable bonds is 4. The van der Waals surface area contributed by atoms with E-state index in [9.17, 15) is 0 Å². The second-order valence-electron chi connectivity index (χ2n) is 6.70. The van der Waals surface area contributed by atoms with Gasteiger partial charge in [0.05, 0.1) is 18.1 Å². The first-order valence-electron chi connectivity index (χ1n) is 7.30. The van der Waals surface area contributed by atoms with Crippen LogP contribution in [0.2, 0.25) is 0 Å². The summed E-state index contributed by atoms with van der Waals surface area (Å²) in [5.74, 6) is 1.65. The van der Waals surface area contributed by atoms with E-state index in [4.69, 9.17) is 0 Å². The molecule has 0 aliphatic rings. The van der Waals surface area contributed by atoms with Crippen molar-refractivity contribution in [3.05, 3.63) is 12.0 Å². The molecule has 0 aliphatic carbocycles. The second-order valence-corrected chi connectivity index (χ2v) is 6.70. The maximum absolute atomic E-state index is 4.66. The minimum Gasteiger partial charge on any atom is -0.372 e. The van der Waals surface area contributed by atoms with Crippen molar-refractivity contribution in [2.45, 2.75) is 40.3 Å². The van der Waals surface area contributed by atoms with E-state index in [0.29, 0.717) is 12.6 Å². The smallest absolute Gasteiger partial charge is 0.163 e. The molecule has 0 fully saturated rings. The van der Waals surface area contributed by atoms with E-state index in [0.717, 1.165) is 22.7 Å². The molecule has 0 bridgehead atoms. The molecule has 1 unspecified atom stereocenters. The van der Waals surface area contributed by atoms with Crippen LogP contribution < -0.4 is 5.32 Å². The molecule has 6 heteroatoms. The summed E-state index contributed by atoms with van der Waals surface area (Å²) in [5, 5.41) is 8.35. The lowest BCUT2D eigenvalue weighted by molar-refractivity contribution is 0.132. The fourth-order valence-electron chi connectivity index (χ4n) is 2.35. The van der Waals surface area contributed by atoms with Crippen molar-refractivity contribution in [3.8, 4) is 0 Å². The molecule has 1 N–H and O–H groups in total. The Hall–Kier alpha value is -1.69. The van der Waals surface area contributed by atoms with Crippen molar-refractivity contribution in [2.24, 2.45) is 12.5 Å². The summed E-state index contributed by atoms with van der Waals surface area (Å²) >= 11 is 0. The topological polar surface area (TPSA) is 58.9 Å². The summed E-state index contributed by atoms with van der Waals surface area (Å²) < 4.78 is 1.79. The monoisotopic (exact) mass is 290 g/mol. The Bertz CT molecular complexity index is 625. The SMILES string of the molecule is CNc1nc(CN(C)C(C)C(C)(C)C)nc2c1cnn2C. The second kappa shape index (κ2) is 5.60. The van der Waals surface area contributed by atoms with Crippen LogP contribution >= 0.6 is 0 Å². The summed E-state index contributed by atoms with van der Waals surface area (Å²) in [5.41, 5.74) is 1.08. The molecule has 0 aromatic carbocycles. The molecule has 2 heterocycles. The summed E-state index contributed by atoms with van der Waals surface area (Å²) in [6, 6.07) is 0.432. The number of aryl methyl sites for hydroxylation is 1. The zero-order valence-corrected chi connectivity index (χ0v) is 14.1. The first-order chi connectivity index (χ1) is 9.74. The molecule has 2 aromatic rings. The molecule has 0 radical (unpaired) electrons. The Morgan fingerprint density at radius 3 is 2.57 bits per heavy atom. The Morgan fingerprint density at radius 2 is 2.00 bits per heavy atom. The molecule has 6 nitrogen and oxygen atoms in total. The number of hydrogen-bond acceptors (Lipinski definition) is 5. The van der Waals surface area contributed by atoms with Gasteiger partial charge in [-0.3, -0.25) is 9.58 Å². The first kappa shape index (κ1) is 15.7. The van der Waals surface area contributed by atoms with Gasteiger partial charge >= 0.3 is 0 Å². The van der Waals surface area contributed by atoms with Crippen LogP contribution in [0.3, 0.4) is 0 Å². The normalized spacial score (nSPS) is 13.9. The minimum absolute atomic E-state index is 0.219. The third-order valence-corrected chi connectivity index (χ3v) is 4.18. The van der Waals surface area contributed by atoms with E-state index in [2.05, 4.69) is 60.0 Å². The van der Waals surface area contributed by atoms with Gasteiger partial charge in [-0.15, -0.1) is 0 Å². The van der Waals surface area contributed by atoms with Crippen molar-refractivity contribution in [2.75, 3.05) is 19.4 Å². The number of fused-ring (bicyclic) bond motifs is 1. The van der Waals surface area contributed by atoms with Crippen molar-refractivity contribution in [1.29, 1.82) is 0 Å². The van der Waals surface area contributed by atoms with Gasteiger partial charge in [-0.05, 0) is 19.4 Å². The average Bonchev–Trinajstić information content (AvgIpc) is 2.78. The quantitative estimate of drug-likeness (QED) is 0.936. The van der Waals surface area contributed by atoms with Gasteiger partial charge in [0.1, 0.15) is 11.6 Å². The van der Waals surface area contributed by atoms with E-state index in [1.165, 1.54) is 0 Å². The van der Waals surface area contributed by atoms with Crippen LogP contribution in [0.15, 0.2) is 6.20 Å². The van der Waals surface area contributed by atoms with E-state index >= 15 is 0 Å². The molecule has 0 spiro atoms. The molecule has 2 rings (SSSR count). The molecule has 2 aromatic heterocycles. The van der Waals surface area contributed by atoms with Crippen molar-refractivity contribution < 1.29 is 0 Å². The maximum atomic E-state index is 4.66. The van der Waals surface area contributed by atoms with Crippen LogP contribution in [0.5, 0.6) is 0 Å². The number of nitrogens with zero attached hydrogens (tertiary/aromatic N) is 5. The van der Waals surface area contributed by atoms with Crippen LogP contribution in [-0.4, -0.2) is 44.8 Å². The van der Waals surface area contributed by atoms with E-state index in [1.807, 2.05) is 14.1 Å². The average molecular weight is 290 g/mol. The summed E-state index contributed by atoms with van der Waals surface area (Å²) in [6.07, 6.45) is 1.80. The fourth-order valence-corrected chi connectivity index (χ4v) is 2.35. The van der Waals surface area contributed by atoms with Crippen molar-refractivity contribution >= 4 is 16.9 Å². The van der Waals surface area contributed by atoms with Crippen LogP contribution in [0.4, 0.5) is 5.82 Å². The van der Waals surface area contributed by atoms with Gasteiger partial charge < -0.3 is 5.32 Å². The largest absolute Gasteiger partial charge is 0.372 e. The number of hydrogen-bond donors (Lipinski definition) is 1. The van der Waals surface area contributed by atoms with Gasteiger partial charge in [-0.2, -0.15) is 5.10 Å². The minimum atomic E-state index is 0.219. The van der Waals surface area contributed by atoms with Crippen molar-refractivity contribution in [3.63, 3.8) is 0 Å². The molecule has 116 valence electrons. The van der Waals surface area contributed by atoms with Gasteiger partial charge in [0.25, 0.3) is 0 Å². The predicted octanol–water partition coefficient (Wildman–Crippen LogP) is 2.27. The van der Waals surface area contributed by atoms with E-state index in [-0.39, 0.29) is 5.41 Å². The number of aromatic nitrogens is 4. The van der Waals surface area contributed by atoms with E-state index < -0.39 is 0 Å². The first-order valence-corrected chi connectivity index (χ1v) is 7.30. The lowest BCUT2D eigenvalue weighted by atomic mass is 9.87. The molecule has 21 heavy (non-hydrogen) atoms. The van der Waals surface area contributed by atoms with E-state index in [1.54, 1.807) is 10.9 Å². The molecule has 1 atom stereocenters. The van der Waals surface area contributed by atoms with Gasteiger partial charge in [-0.1, -0.05) is 20.8 Å². The molecule has 0 saturated carbocycles. The zero-order valence-electron chi connectivity index (χ0n) is 14.1. The van der Waals surface area contributed by atoms with Crippen LogP contribution in [0.1, 0.15) is 33.5 Å². The van der Waals surface area contributed by atoms with Gasteiger partial charge in [0.2, 0.25) is 0 Å². The van der Waals surface area contributed by atoms with Crippen molar-refractivity contribution in [1.82, 2.24) is 24.6 Å². The molecular formula is C15H26N6. The lowest BCUT2D eigenvalue weighted by Gasteiger charge is -2.35. The van der Waals surface area contributed by atoms with Crippen LogP contribution in [0, 0.1) is 5.41 Å².